The summed E-state index contributed by atoms with van der Waals surface area (Å²) in [4.78, 5) is 22.0. The maximum atomic E-state index is 11.5. The number of esters is 1. The predicted molar refractivity (Wildman–Crippen MR) is 102 cm³/mol. The molecule has 4 heteroatoms. The van der Waals surface area contributed by atoms with Crippen LogP contribution in [0.3, 0.4) is 0 Å². The molecular weight excluding hydrogens is 316 g/mol. The molecule has 0 aliphatic carbocycles. The molecule has 0 heterocycles. The van der Waals surface area contributed by atoms with Crippen LogP contribution in [0.4, 0.5) is 0 Å². The van der Waals surface area contributed by atoms with Crippen LogP contribution in [0, 0.1) is 0 Å². The number of aliphatic carboxylic acids is 1. The van der Waals surface area contributed by atoms with Gasteiger partial charge in [0.05, 0.1) is 0 Å². The zero-order valence-corrected chi connectivity index (χ0v) is 15.8. The van der Waals surface area contributed by atoms with E-state index in [1.54, 1.807) is 6.92 Å². The van der Waals surface area contributed by atoms with Crippen LogP contribution in [0.15, 0.2) is 36.5 Å². The summed E-state index contributed by atoms with van der Waals surface area (Å²) in [6, 6.07) is 0. The third-order valence-electron chi connectivity index (χ3n) is 3.66. The van der Waals surface area contributed by atoms with Crippen LogP contribution >= 0.6 is 0 Å². The Bertz CT molecular complexity index is 435. The second-order valence-corrected chi connectivity index (χ2v) is 5.98. The van der Waals surface area contributed by atoms with Crippen molar-refractivity contribution in [3.8, 4) is 0 Å². The van der Waals surface area contributed by atoms with Gasteiger partial charge in [0.15, 0.2) is 0 Å². The lowest BCUT2D eigenvalue weighted by atomic mass is 10.1. The first-order chi connectivity index (χ1) is 12.1. The second kappa shape index (κ2) is 17.0. The molecule has 0 radical (unpaired) electrons. The summed E-state index contributed by atoms with van der Waals surface area (Å²) in [5, 5.41) is 8.61. The Labute approximate surface area is 152 Å². The van der Waals surface area contributed by atoms with Crippen LogP contribution in [0.5, 0.6) is 0 Å². The second-order valence-electron chi connectivity index (χ2n) is 5.98. The van der Waals surface area contributed by atoms with E-state index in [9.17, 15) is 9.59 Å². The first kappa shape index (κ1) is 23.2. The Balaban J connectivity index is 4.11. The van der Waals surface area contributed by atoms with E-state index in [4.69, 9.17) is 9.84 Å². The van der Waals surface area contributed by atoms with Crippen molar-refractivity contribution in [3.05, 3.63) is 36.5 Å². The highest BCUT2D eigenvalue weighted by atomic mass is 16.5. The predicted octanol–water partition coefficient (Wildman–Crippen LogP) is 5.59. The van der Waals surface area contributed by atoms with Crippen molar-refractivity contribution >= 4 is 11.9 Å². The molecule has 1 atom stereocenters. The molecule has 0 fully saturated rings. The quantitative estimate of drug-likeness (QED) is 0.237. The molecule has 1 unspecified atom stereocenters. The number of carbonyl (C=O) groups is 2. The van der Waals surface area contributed by atoms with E-state index in [0.29, 0.717) is 12.8 Å². The van der Waals surface area contributed by atoms with E-state index >= 15 is 0 Å². The van der Waals surface area contributed by atoms with Crippen molar-refractivity contribution in [2.45, 2.75) is 84.2 Å². The Morgan fingerprint density at radius 3 is 2.20 bits per heavy atom. The average Bonchev–Trinajstić information content (AvgIpc) is 2.59. The van der Waals surface area contributed by atoms with E-state index in [0.717, 1.165) is 44.9 Å². The maximum absolute atomic E-state index is 11.5. The highest BCUT2D eigenvalue weighted by molar-refractivity contribution is 5.69. The summed E-state index contributed by atoms with van der Waals surface area (Å²) in [5.41, 5.74) is 0. The molecule has 0 bridgehead atoms. The van der Waals surface area contributed by atoms with Gasteiger partial charge in [-0.05, 0) is 44.6 Å². The van der Waals surface area contributed by atoms with Crippen molar-refractivity contribution in [1.82, 2.24) is 0 Å². The standard InChI is InChI=1S/C21H34O4/c1-3-5-6-7-8-9-10-13-16-19(25-21(24)4-2)17-14-11-12-15-18-20(22)23/h5-6,8-9,13,16,19H,3-4,7,10-12,14-15,17-18H2,1-2H3,(H,22,23)/b6-5-,9-8-,16-13-. The lowest BCUT2D eigenvalue weighted by Crippen LogP contribution is -2.15. The van der Waals surface area contributed by atoms with E-state index in [1.807, 2.05) is 12.2 Å². The number of hydrogen-bond donors (Lipinski definition) is 1. The molecule has 0 aromatic rings. The number of carboxylic acid groups (broad SMARTS) is 1. The molecule has 1 N–H and O–H groups in total. The third kappa shape index (κ3) is 16.8. The van der Waals surface area contributed by atoms with Gasteiger partial charge in [0.2, 0.25) is 0 Å². The fourth-order valence-corrected chi connectivity index (χ4v) is 2.26. The van der Waals surface area contributed by atoms with E-state index in [1.165, 1.54) is 0 Å². The Kier molecular flexibility index (Phi) is 15.7. The monoisotopic (exact) mass is 350 g/mol. The van der Waals surface area contributed by atoms with Gasteiger partial charge in [-0.15, -0.1) is 0 Å². The number of allylic oxidation sites excluding steroid dienone is 5. The molecule has 0 aromatic carbocycles. The maximum Gasteiger partial charge on any atom is 0.306 e. The largest absolute Gasteiger partial charge is 0.481 e. The number of unbranched alkanes of at least 4 members (excludes halogenated alkanes) is 3. The molecule has 0 saturated carbocycles. The van der Waals surface area contributed by atoms with Gasteiger partial charge in [-0.2, -0.15) is 0 Å². The Morgan fingerprint density at radius 2 is 1.56 bits per heavy atom. The molecule has 0 amide bonds. The minimum absolute atomic E-state index is 0.180. The lowest BCUT2D eigenvalue weighted by molar-refractivity contribution is -0.146. The molecule has 0 aliphatic rings. The minimum atomic E-state index is -0.740. The molecule has 0 saturated heterocycles. The van der Waals surface area contributed by atoms with E-state index in [-0.39, 0.29) is 18.5 Å². The van der Waals surface area contributed by atoms with E-state index < -0.39 is 5.97 Å². The van der Waals surface area contributed by atoms with Crippen LogP contribution in [0.1, 0.15) is 78.1 Å². The van der Waals surface area contributed by atoms with Gasteiger partial charge in [0.1, 0.15) is 6.10 Å². The molecule has 0 aromatic heterocycles. The minimum Gasteiger partial charge on any atom is -0.481 e. The van der Waals surface area contributed by atoms with Crippen molar-refractivity contribution in [1.29, 1.82) is 0 Å². The van der Waals surface area contributed by atoms with Crippen LogP contribution in [-0.2, 0) is 14.3 Å². The normalized spacial score (nSPS) is 13.0. The summed E-state index contributed by atoms with van der Waals surface area (Å²) < 4.78 is 5.45. The van der Waals surface area contributed by atoms with Crippen molar-refractivity contribution in [2.24, 2.45) is 0 Å². The third-order valence-corrected chi connectivity index (χ3v) is 3.66. The SMILES string of the molecule is CC/C=C\C/C=C\C/C=C\C(CCCCCCC(=O)O)OC(=O)CC. The van der Waals surface area contributed by atoms with Gasteiger partial charge >= 0.3 is 11.9 Å². The molecule has 0 aliphatic heterocycles. The highest BCUT2D eigenvalue weighted by Gasteiger charge is 2.09. The molecule has 4 nitrogen and oxygen atoms in total. The fourth-order valence-electron chi connectivity index (χ4n) is 2.26. The Morgan fingerprint density at radius 1 is 0.920 bits per heavy atom. The average molecular weight is 350 g/mol. The van der Waals surface area contributed by atoms with Crippen LogP contribution in [0.2, 0.25) is 0 Å². The van der Waals surface area contributed by atoms with Gasteiger partial charge in [0.25, 0.3) is 0 Å². The van der Waals surface area contributed by atoms with Gasteiger partial charge in [-0.3, -0.25) is 9.59 Å². The molecule has 0 rings (SSSR count). The summed E-state index contributed by atoms with van der Waals surface area (Å²) in [5.74, 6) is -0.920. The molecule has 25 heavy (non-hydrogen) atoms. The summed E-state index contributed by atoms with van der Waals surface area (Å²) in [7, 11) is 0. The highest BCUT2D eigenvalue weighted by Crippen LogP contribution is 2.12. The van der Waals surface area contributed by atoms with E-state index in [2.05, 4.69) is 31.2 Å². The summed E-state index contributed by atoms with van der Waals surface area (Å²) in [6.07, 6.45) is 20.1. The van der Waals surface area contributed by atoms with Gasteiger partial charge in [-0.1, -0.05) is 57.1 Å². The van der Waals surface area contributed by atoms with Crippen LogP contribution < -0.4 is 0 Å². The number of hydrogen-bond acceptors (Lipinski definition) is 3. The van der Waals surface area contributed by atoms with Gasteiger partial charge < -0.3 is 9.84 Å². The summed E-state index contributed by atoms with van der Waals surface area (Å²) >= 11 is 0. The molecule has 142 valence electrons. The zero-order valence-electron chi connectivity index (χ0n) is 15.8. The zero-order chi connectivity index (χ0) is 18.8. The van der Waals surface area contributed by atoms with Crippen molar-refractivity contribution in [2.75, 3.05) is 0 Å². The number of ether oxygens (including phenoxy) is 1. The number of carbonyl (C=O) groups excluding carboxylic acids is 1. The topological polar surface area (TPSA) is 63.6 Å². The number of carboxylic acids is 1. The van der Waals surface area contributed by atoms with Crippen LogP contribution in [-0.4, -0.2) is 23.1 Å². The smallest absolute Gasteiger partial charge is 0.306 e. The number of rotatable bonds is 15. The first-order valence-electron chi connectivity index (χ1n) is 9.48. The molecule has 0 spiro atoms. The first-order valence-corrected chi connectivity index (χ1v) is 9.48. The summed E-state index contributed by atoms with van der Waals surface area (Å²) in [6.45, 7) is 3.91. The van der Waals surface area contributed by atoms with Crippen molar-refractivity contribution < 1.29 is 19.4 Å². The Hall–Kier alpha value is -1.84. The molecular formula is C21H34O4. The lowest BCUT2D eigenvalue weighted by Gasteiger charge is -2.13. The van der Waals surface area contributed by atoms with Crippen molar-refractivity contribution in [3.63, 3.8) is 0 Å². The fraction of sp³-hybridized carbons (Fsp3) is 0.619. The van der Waals surface area contributed by atoms with Gasteiger partial charge in [-0.25, -0.2) is 0 Å². The van der Waals surface area contributed by atoms with Gasteiger partial charge in [0, 0.05) is 12.8 Å². The van der Waals surface area contributed by atoms with Crippen LogP contribution in [0.25, 0.3) is 0 Å².